The van der Waals surface area contributed by atoms with Crippen molar-refractivity contribution in [2.75, 3.05) is 7.11 Å². The Kier molecular flexibility index (Phi) is 5.01. The summed E-state index contributed by atoms with van der Waals surface area (Å²) < 4.78 is 63.8. The molecule has 2 atom stereocenters. The normalized spacial score (nSPS) is 23.0. The van der Waals surface area contributed by atoms with Gasteiger partial charge in [0.15, 0.2) is 17.2 Å². The SMILES string of the molecule is COc1c(F)ccc2c1C(C)(C)CC(O)(C(F)(F)F)C2NCc1cccn2nccc12. The van der Waals surface area contributed by atoms with Crippen LogP contribution >= 0.6 is 0 Å². The lowest BCUT2D eigenvalue weighted by atomic mass is 9.63. The van der Waals surface area contributed by atoms with Crippen LogP contribution in [0.15, 0.2) is 42.7 Å². The summed E-state index contributed by atoms with van der Waals surface area (Å²) in [6.45, 7) is 3.14. The molecule has 2 aromatic heterocycles. The molecule has 2 N–H and O–H groups in total. The zero-order valence-electron chi connectivity index (χ0n) is 17.3. The van der Waals surface area contributed by atoms with Gasteiger partial charge in [0.2, 0.25) is 0 Å². The zero-order chi connectivity index (χ0) is 22.6. The molecule has 2 heterocycles. The predicted molar refractivity (Wildman–Crippen MR) is 106 cm³/mol. The Morgan fingerprint density at radius 2 is 2.00 bits per heavy atom. The molecule has 0 bridgehead atoms. The fourth-order valence-electron chi connectivity index (χ4n) is 4.75. The third-order valence-electron chi connectivity index (χ3n) is 6.03. The molecular weight excluding hydrogens is 414 g/mol. The third kappa shape index (κ3) is 3.36. The average molecular weight is 437 g/mol. The van der Waals surface area contributed by atoms with Crippen molar-refractivity contribution in [2.45, 2.75) is 50.0 Å². The maximum atomic E-state index is 14.4. The van der Waals surface area contributed by atoms with E-state index in [4.69, 9.17) is 4.74 Å². The molecular formula is C22H23F4N3O2. The van der Waals surface area contributed by atoms with E-state index in [-0.39, 0.29) is 17.9 Å². The van der Waals surface area contributed by atoms with E-state index in [2.05, 4.69) is 10.4 Å². The van der Waals surface area contributed by atoms with Gasteiger partial charge in [-0.15, -0.1) is 0 Å². The van der Waals surface area contributed by atoms with Crippen molar-refractivity contribution < 1.29 is 27.4 Å². The van der Waals surface area contributed by atoms with Crippen LogP contribution in [-0.4, -0.2) is 33.6 Å². The number of methoxy groups -OCH3 is 1. The van der Waals surface area contributed by atoms with E-state index in [9.17, 15) is 22.7 Å². The van der Waals surface area contributed by atoms with Crippen molar-refractivity contribution in [3.8, 4) is 5.75 Å². The summed E-state index contributed by atoms with van der Waals surface area (Å²) >= 11 is 0. The van der Waals surface area contributed by atoms with E-state index in [0.29, 0.717) is 11.1 Å². The fraction of sp³-hybridized carbons (Fsp3) is 0.409. The fourth-order valence-corrected chi connectivity index (χ4v) is 4.75. The summed E-state index contributed by atoms with van der Waals surface area (Å²) in [5.74, 6) is -0.758. The molecule has 0 saturated heterocycles. The summed E-state index contributed by atoms with van der Waals surface area (Å²) in [6.07, 6.45) is -2.23. The number of aromatic nitrogens is 2. The molecule has 0 saturated carbocycles. The number of benzene rings is 1. The van der Waals surface area contributed by atoms with Gasteiger partial charge in [-0.05, 0) is 41.2 Å². The number of halogens is 4. The Morgan fingerprint density at radius 1 is 1.26 bits per heavy atom. The monoisotopic (exact) mass is 437 g/mol. The molecule has 0 amide bonds. The highest BCUT2D eigenvalue weighted by Crippen LogP contribution is 2.55. The second-order valence-electron chi connectivity index (χ2n) is 8.54. The summed E-state index contributed by atoms with van der Waals surface area (Å²) in [7, 11) is 1.28. The molecule has 5 nitrogen and oxygen atoms in total. The topological polar surface area (TPSA) is 58.8 Å². The first kappa shape index (κ1) is 21.6. The van der Waals surface area contributed by atoms with E-state index in [0.717, 1.165) is 11.6 Å². The molecule has 1 aliphatic carbocycles. The van der Waals surface area contributed by atoms with Crippen molar-refractivity contribution >= 4 is 5.52 Å². The van der Waals surface area contributed by atoms with Crippen LogP contribution in [0.3, 0.4) is 0 Å². The van der Waals surface area contributed by atoms with Gasteiger partial charge in [0.1, 0.15) is 0 Å². The molecule has 0 spiro atoms. The molecule has 1 aliphatic rings. The molecule has 0 aliphatic heterocycles. The molecule has 166 valence electrons. The Labute approximate surface area is 176 Å². The minimum atomic E-state index is -4.91. The number of alkyl halides is 3. The zero-order valence-corrected chi connectivity index (χ0v) is 17.3. The smallest absolute Gasteiger partial charge is 0.419 e. The minimum absolute atomic E-state index is 0.0403. The van der Waals surface area contributed by atoms with Gasteiger partial charge in [0, 0.05) is 24.5 Å². The molecule has 2 unspecified atom stereocenters. The van der Waals surface area contributed by atoms with Crippen LogP contribution < -0.4 is 10.1 Å². The second-order valence-corrected chi connectivity index (χ2v) is 8.54. The van der Waals surface area contributed by atoms with Crippen LogP contribution in [-0.2, 0) is 12.0 Å². The number of nitrogens with zero attached hydrogens (tertiary/aromatic N) is 2. The number of rotatable bonds is 4. The quantitative estimate of drug-likeness (QED) is 0.598. The number of nitrogens with one attached hydrogen (secondary N) is 1. The number of fused-ring (bicyclic) bond motifs is 2. The van der Waals surface area contributed by atoms with Crippen molar-refractivity contribution in [3.63, 3.8) is 0 Å². The largest absolute Gasteiger partial charge is 0.493 e. The molecule has 9 heteroatoms. The summed E-state index contributed by atoms with van der Waals surface area (Å²) in [4.78, 5) is 0. The minimum Gasteiger partial charge on any atom is -0.493 e. The van der Waals surface area contributed by atoms with E-state index in [1.807, 2.05) is 0 Å². The van der Waals surface area contributed by atoms with E-state index >= 15 is 0 Å². The lowest BCUT2D eigenvalue weighted by Crippen LogP contribution is -2.60. The molecule has 31 heavy (non-hydrogen) atoms. The standard InChI is InChI=1S/C22H23F4N3O2/c1-20(2)12-21(30,22(24,25)26)19(14-6-7-15(23)18(31-3)17(14)20)27-11-13-5-4-10-29-16(13)8-9-28-29/h4-10,19,27,30H,11-12H2,1-3H3. The number of pyridine rings is 1. The molecule has 0 radical (unpaired) electrons. The molecule has 0 fully saturated rings. The Balaban J connectivity index is 1.84. The van der Waals surface area contributed by atoms with Crippen LogP contribution in [0.1, 0.15) is 43.0 Å². The highest BCUT2D eigenvalue weighted by Gasteiger charge is 2.64. The maximum Gasteiger partial charge on any atom is 0.419 e. The number of aliphatic hydroxyl groups is 1. The molecule has 4 rings (SSSR count). The van der Waals surface area contributed by atoms with Crippen molar-refractivity contribution in [1.29, 1.82) is 0 Å². The summed E-state index contributed by atoms with van der Waals surface area (Å²) in [5.41, 5.74) is -2.31. The Morgan fingerprint density at radius 3 is 2.68 bits per heavy atom. The first-order valence-corrected chi connectivity index (χ1v) is 9.80. The van der Waals surface area contributed by atoms with Crippen molar-refractivity contribution in [2.24, 2.45) is 0 Å². The van der Waals surface area contributed by atoms with Gasteiger partial charge in [-0.25, -0.2) is 8.91 Å². The Hall–Kier alpha value is -2.65. The predicted octanol–water partition coefficient (Wildman–Crippen LogP) is 4.29. The second kappa shape index (κ2) is 7.20. The molecule has 3 aromatic rings. The van der Waals surface area contributed by atoms with Gasteiger partial charge in [-0.2, -0.15) is 18.3 Å². The van der Waals surface area contributed by atoms with Gasteiger partial charge in [0.25, 0.3) is 0 Å². The lowest BCUT2D eigenvalue weighted by Gasteiger charge is -2.49. The lowest BCUT2D eigenvalue weighted by molar-refractivity contribution is -0.281. The van der Waals surface area contributed by atoms with Gasteiger partial charge >= 0.3 is 6.18 Å². The van der Waals surface area contributed by atoms with Crippen molar-refractivity contribution in [1.82, 2.24) is 14.9 Å². The van der Waals surface area contributed by atoms with Crippen LogP contribution in [0.5, 0.6) is 5.75 Å². The first-order chi connectivity index (χ1) is 14.5. The van der Waals surface area contributed by atoms with Crippen LogP contribution in [0.4, 0.5) is 17.6 Å². The number of ether oxygens (including phenoxy) is 1. The summed E-state index contributed by atoms with van der Waals surface area (Å²) in [6, 6.07) is 6.11. The van der Waals surface area contributed by atoms with Gasteiger partial charge < -0.3 is 15.2 Å². The van der Waals surface area contributed by atoms with E-state index in [1.165, 1.54) is 13.2 Å². The van der Waals surface area contributed by atoms with E-state index in [1.54, 1.807) is 49.0 Å². The summed E-state index contributed by atoms with van der Waals surface area (Å²) in [5, 5.41) is 18.0. The highest BCUT2D eigenvalue weighted by atomic mass is 19.4. The Bertz CT molecular complexity index is 1130. The van der Waals surface area contributed by atoms with Crippen LogP contribution in [0, 0.1) is 5.82 Å². The van der Waals surface area contributed by atoms with Crippen molar-refractivity contribution in [3.05, 3.63) is 65.2 Å². The number of hydrogen-bond acceptors (Lipinski definition) is 4. The van der Waals surface area contributed by atoms with Gasteiger partial charge in [-0.3, -0.25) is 0 Å². The highest BCUT2D eigenvalue weighted by molar-refractivity contribution is 5.54. The van der Waals surface area contributed by atoms with Crippen LogP contribution in [0.25, 0.3) is 5.52 Å². The van der Waals surface area contributed by atoms with E-state index < -0.39 is 35.5 Å². The maximum absolute atomic E-state index is 14.4. The van der Waals surface area contributed by atoms with Gasteiger partial charge in [-0.1, -0.05) is 26.0 Å². The average Bonchev–Trinajstić information content (AvgIpc) is 3.16. The third-order valence-corrected chi connectivity index (χ3v) is 6.03. The molecule has 1 aromatic carbocycles. The van der Waals surface area contributed by atoms with Gasteiger partial charge in [0.05, 0.1) is 18.7 Å². The number of hydrogen-bond donors (Lipinski definition) is 2. The first-order valence-electron chi connectivity index (χ1n) is 9.80. The van der Waals surface area contributed by atoms with Crippen LogP contribution in [0.2, 0.25) is 0 Å².